The minimum Gasteiger partial charge on any atom is -0.497 e. The fourth-order valence-electron chi connectivity index (χ4n) is 2.52. The van der Waals surface area contributed by atoms with Gasteiger partial charge in [-0.1, -0.05) is 12.1 Å². The van der Waals surface area contributed by atoms with Crippen molar-refractivity contribution in [1.29, 1.82) is 0 Å². The highest BCUT2D eigenvalue weighted by molar-refractivity contribution is 5.33. The minimum absolute atomic E-state index is 0.287. The van der Waals surface area contributed by atoms with E-state index in [2.05, 4.69) is 22.2 Å². The molecule has 0 spiro atoms. The summed E-state index contributed by atoms with van der Waals surface area (Å²) in [4.78, 5) is 4.35. The molecular formula is C13H16N4O. The van der Waals surface area contributed by atoms with Crippen molar-refractivity contribution in [3.05, 3.63) is 35.7 Å². The van der Waals surface area contributed by atoms with E-state index in [0.29, 0.717) is 5.95 Å². The number of aryl methyl sites for hydroxylation is 1. The average Bonchev–Trinajstić information content (AvgIpc) is 2.79. The third-order valence-corrected chi connectivity index (χ3v) is 3.41. The topological polar surface area (TPSA) is 66.0 Å². The van der Waals surface area contributed by atoms with Gasteiger partial charge in [-0.05, 0) is 30.5 Å². The van der Waals surface area contributed by atoms with Crippen LogP contribution >= 0.6 is 0 Å². The Balaban J connectivity index is 1.97. The third kappa shape index (κ3) is 1.81. The highest BCUT2D eigenvalue weighted by Crippen LogP contribution is 2.32. The Morgan fingerprint density at radius 3 is 2.83 bits per heavy atom. The molecule has 1 atom stereocenters. The second kappa shape index (κ2) is 4.33. The Morgan fingerprint density at radius 2 is 2.11 bits per heavy atom. The number of ether oxygens (including phenoxy) is 1. The quantitative estimate of drug-likeness (QED) is 0.874. The summed E-state index contributed by atoms with van der Waals surface area (Å²) >= 11 is 0. The van der Waals surface area contributed by atoms with Gasteiger partial charge in [0.1, 0.15) is 11.6 Å². The van der Waals surface area contributed by atoms with Gasteiger partial charge in [-0.3, -0.25) is 0 Å². The number of nitrogen functional groups attached to an aromatic ring is 1. The number of aromatic nitrogens is 3. The predicted octanol–water partition coefficient (Wildman–Crippen LogP) is 1.79. The van der Waals surface area contributed by atoms with Gasteiger partial charge in [-0.15, -0.1) is 5.10 Å². The van der Waals surface area contributed by atoms with E-state index in [4.69, 9.17) is 10.5 Å². The molecule has 1 aliphatic rings. The van der Waals surface area contributed by atoms with Gasteiger partial charge in [0.15, 0.2) is 0 Å². The second-order valence-corrected chi connectivity index (χ2v) is 4.52. The zero-order valence-electron chi connectivity index (χ0n) is 10.3. The molecule has 0 fully saturated rings. The SMILES string of the molecule is COc1ccc(C2CCCn3nc(N)nc32)cc1. The van der Waals surface area contributed by atoms with Gasteiger partial charge in [0, 0.05) is 12.5 Å². The molecule has 1 unspecified atom stereocenters. The van der Waals surface area contributed by atoms with Gasteiger partial charge in [-0.2, -0.15) is 4.98 Å². The Morgan fingerprint density at radius 1 is 1.33 bits per heavy atom. The zero-order valence-corrected chi connectivity index (χ0v) is 10.3. The molecule has 0 radical (unpaired) electrons. The molecule has 5 nitrogen and oxygen atoms in total. The lowest BCUT2D eigenvalue weighted by Crippen LogP contribution is -2.17. The molecule has 1 aliphatic heterocycles. The maximum atomic E-state index is 5.68. The average molecular weight is 244 g/mol. The summed E-state index contributed by atoms with van der Waals surface area (Å²) in [7, 11) is 1.67. The van der Waals surface area contributed by atoms with E-state index in [1.54, 1.807) is 7.11 Å². The molecule has 94 valence electrons. The van der Waals surface area contributed by atoms with Crippen molar-refractivity contribution < 1.29 is 4.74 Å². The number of nitrogens with zero attached hydrogens (tertiary/aromatic N) is 3. The number of rotatable bonds is 2. The molecule has 2 aromatic rings. The number of nitrogens with two attached hydrogens (primary N) is 1. The largest absolute Gasteiger partial charge is 0.497 e. The van der Waals surface area contributed by atoms with Gasteiger partial charge in [0.2, 0.25) is 5.95 Å². The normalized spacial score (nSPS) is 18.4. The number of anilines is 1. The number of benzene rings is 1. The Labute approximate surface area is 106 Å². The number of hydrogen-bond acceptors (Lipinski definition) is 4. The first-order valence-corrected chi connectivity index (χ1v) is 6.12. The van der Waals surface area contributed by atoms with Crippen LogP contribution in [0.3, 0.4) is 0 Å². The standard InChI is InChI=1S/C13H16N4O/c1-18-10-6-4-9(5-7-10)11-3-2-8-17-12(11)15-13(14)16-17/h4-7,11H,2-3,8H2,1H3,(H2,14,16). The first kappa shape index (κ1) is 11.1. The molecule has 1 aromatic heterocycles. The molecule has 2 heterocycles. The number of fused-ring (bicyclic) bond motifs is 1. The van der Waals surface area contributed by atoms with Gasteiger partial charge in [-0.25, -0.2) is 4.68 Å². The minimum atomic E-state index is 0.287. The molecule has 2 N–H and O–H groups in total. The molecule has 0 aliphatic carbocycles. The highest BCUT2D eigenvalue weighted by Gasteiger charge is 2.25. The molecule has 5 heteroatoms. The van der Waals surface area contributed by atoms with Crippen LogP contribution in [0.4, 0.5) is 5.95 Å². The summed E-state index contributed by atoms with van der Waals surface area (Å²) in [6.45, 7) is 0.909. The summed E-state index contributed by atoms with van der Waals surface area (Å²) in [5.74, 6) is 2.50. The van der Waals surface area contributed by atoms with E-state index in [1.165, 1.54) is 5.56 Å². The lowest BCUT2D eigenvalue weighted by atomic mass is 9.91. The van der Waals surface area contributed by atoms with Crippen LogP contribution in [-0.4, -0.2) is 21.9 Å². The van der Waals surface area contributed by atoms with Crippen molar-refractivity contribution >= 4 is 5.95 Å². The van der Waals surface area contributed by atoms with Gasteiger partial charge in [0.05, 0.1) is 7.11 Å². The van der Waals surface area contributed by atoms with Crippen molar-refractivity contribution in [1.82, 2.24) is 14.8 Å². The van der Waals surface area contributed by atoms with Crippen LogP contribution in [0.2, 0.25) is 0 Å². The van der Waals surface area contributed by atoms with Crippen molar-refractivity contribution in [2.75, 3.05) is 12.8 Å². The van der Waals surface area contributed by atoms with Crippen LogP contribution in [0.15, 0.2) is 24.3 Å². The van der Waals surface area contributed by atoms with Crippen LogP contribution in [0, 0.1) is 0 Å². The second-order valence-electron chi connectivity index (χ2n) is 4.52. The summed E-state index contributed by atoms with van der Waals surface area (Å²) in [5, 5.41) is 4.22. The van der Waals surface area contributed by atoms with E-state index >= 15 is 0 Å². The van der Waals surface area contributed by atoms with Crippen molar-refractivity contribution in [2.45, 2.75) is 25.3 Å². The van der Waals surface area contributed by atoms with E-state index in [0.717, 1.165) is 31.0 Å². The first-order valence-electron chi connectivity index (χ1n) is 6.12. The number of hydrogen-bond donors (Lipinski definition) is 1. The van der Waals surface area contributed by atoms with Crippen molar-refractivity contribution in [3.63, 3.8) is 0 Å². The van der Waals surface area contributed by atoms with Crippen LogP contribution < -0.4 is 10.5 Å². The number of methoxy groups -OCH3 is 1. The fraction of sp³-hybridized carbons (Fsp3) is 0.385. The third-order valence-electron chi connectivity index (χ3n) is 3.41. The highest BCUT2D eigenvalue weighted by atomic mass is 16.5. The summed E-state index contributed by atoms with van der Waals surface area (Å²) in [6.07, 6.45) is 2.19. The van der Waals surface area contributed by atoms with E-state index in [1.807, 2.05) is 16.8 Å². The molecule has 0 bridgehead atoms. The molecule has 0 saturated carbocycles. The van der Waals surface area contributed by atoms with E-state index in [-0.39, 0.29) is 5.92 Å². The van der Waals surface area contributed by atoms with Gasteiger partial charge in [0.25, 0.3) is 0 Å². The summed E-state index contributed by atoms with van der Waals surface area (Å²) < 4.78 is 7.10. The molecule has 0 amide bonds. The van der Waals surface area contributed by atoms with Gasteiger partial charge >= 0.3 is 0 Å². The Bertz CT molecular complexity index is 547. The van der Waals surface area contributed by atoms with E-state index in [9.17, 15) is 0 Å². The van der Waals surface area contributed by atoms with Crippen LogP contribution in [0.1, 0.15) is 30.1 Å². The summed E-state index contributed by atoms with van der Waals surface area (Å²) in [6, 6.07) is 8.13. The predicted molar refractivity (Wildman–Crippen MR) is 68.5 cm³/mol. The van der Waals surface area contributed by atoms with E-state index < -0.39 is 0 Å². The molecule has 1 aromatic carbocycles. The molecule has 0 saturated heterocycles. The zero-order chi connectivity index (χ0) is 12.5. The smallest absolute Gasteiger partial charge is 0.239 e. The molecule has 18 heavy (non-hydrogen) atoms. The molecular weight excluding hydrogens is 228 g/mol. The fourth-order valence-corrected chi connectivity index (χ4v) is 2.52. The van der Waals surface area contributed by atoms with Crippen molar-refractivity contribution in [3.8, 4) is 5.75 Å². The lowest BCUT2D eigenvalue weighted by Gasteiger charge is -2.22. The van der Waals surface area contributed by atoms with Crippen LogP contribution in [-0.2, 0) is 6.54 Å². The first-order chi connectivity index (χ1) is 8.78. The van der Waals surface area contributed by atoms with Crippen molar-refractivity contribution in [2.24, 2.45) is 0 Å². The maximum Gasteiger partial charge on any atom is 0.239 e. The lowest BCUT2D eigenvalue weighted by molar-refractivity contribution is 0.413. The van der Waals surface area contributed by atoms with Crippen LogP contribution in [0.25, 0.3) is 0 Å². The Kier molecular flexibility index (Phi) is 2.66. The Hall–Kier alpha value is -2.04. The van der Waals surface area contributed by atoms with Crippen LogP contribution in [0.5, 0.6) is 5.75 Å². The maximum absolute atomic E-state index is 5.68. The summed E-state index contributed by atoms with van der Waals surface area (Å²) in [5.41, 5.74) is 6.92. The van der Waals surface area contributed by atoms with Gasteiger partial charge < -0.3 is 10.5 Å². The molecule has 3 rings (SSSR count). The monoisotopic (exact) mass is 244 g/mol.